The third kappa shape index (κ3) is 4.58. The van der Waals surface area contributed by atoms with Crippen LogP contribution >= 0.6 is 0 Å². The maximum absolute atomic E-state index is 12.0. The van der Waals surface area contributed by atoms with Crippen molar-refractivity contribution in [3.8, 4) is 5.75 Å². The van der Waals surface area contributed by atoms with Crippen molar-refractivity contribution in [1.29, 1.82) is 0 Å². The van der Waals surface area contributed by atoms with E-state index in [4.69, 9.17) is 4.74 Å². The van der Waals surface area contributed by atoms with Gasteiger partial charge in [0, 0.05) is 12.0 Å². The van der Waals surface area contributed by atoms with Gasteiger partial charge in [-0.05, 0) is 29.8 Å². The van der Waals surface area contributed by atoms with Crippen LogP contribution in [0.2, 0.25) is 0 Å². The lowest BCUT2D eigenvalue weighted by atomic mass is 10.0. The Labute approximate surface area is 124 Å². The van der Waals surface area contributed by atoms with Crippen LogP contribution in [0.4, 0.5) is 0 Å². The largest absolute Gasteiger partial charge is 0.497 e. The minimum Gasteiger partial charge on any atom is -0.497 e. The van der Waals surface area contributed by atoms with Crippen molar-refractivity contribution in [2.24, 2.45) is 0 Å². The minimum absolute atomic E-state index is 0.0651. The molecule has 0 saturated heterocycles. The zero-order valence-corrected chi connectivity index (χ0v) is 11.9. The van der Waals surface area contributed by atoms with Crippen LogP contribution in [-0.2, 0) is 0 Å². The maximum Gasteiger partial charge on any atom is 0.165 e. The van der Waals surface area contributed by atoms with Crippen molar-refractivity contribution in [3.05, 3.63) is 71.8 Å². The third-order valence-electron chi connectivity index (χ3n) is 3.12. The van der Waals surface area contributed by atoms with Crippen LogP contribution in [-0.4, -0.2) is 24.1 Å². The fourth-order valence-corrected chi connectivity index (χ4v) is 1.94. The molecule has 0 aliphatic heterocycles. The topological polar surface area (TPSA) is 46.5 Å². The summed E-state index contributed by atoms with van der Waals surface area (Å²) in [4.78, 5) is 12.0. The summed E-state index contributed by atoms with van der Waals surface area (Å²) in [5.41, 5.74) is 1.57. The maximum atomic E-state index is 12.0. The summed E-state index contributed by atoms with van der Waals surface area (Å²) in [6.45, 7) is 0. The Bertz CT molecular complexity index is 600. The average Bonchev–Trinajstić information content (AvgIpc) is 2.54. The highest BCUT2D eigenvalue weighted by atomic mass is 16.5. The predicted molar refractivity (Wildman–Crippen MR) is 83.4 cm³/mol. The van der Waals surface area contributed by atoms with Gasteiger partial charge in [0.05, 0.1) is 13.2 Å². The Balaban J connectivity index is 1.93. The summed E-state index contributed by atoms with van der Waals surface area (Å²) in [6, 6.07) is 16.5. The highest BCUT2D eigenvalue weighted by Gasteiger charge is 2.10. The quantitative estimate of drug-likeness (QED) is 0.827. The molecule has 0 saturated carbocycles. The summed E-state index contributed by atoms with van der Waals surface area (Å²) in [5.74, 6) is 0.610. The lowest BCUT2D eigenvalue weighted by Gasteiger charge is -2.06. The molecule has 3 heteroatoms. The van der Waals surface area contributed by atoms with Gasteiger partial charge >= 0.3 is 0 Å². The second kappa shape index (κ2) is 7.41. The number of ether oxygens (including phenoxy) is 1. The number of hydrogen-bond donors (Lipinski definition) is 1. The first-order valence-electron chi connectivity index (χ1n) is 6.77. The number of carbonyl (C=O) groups excluding carboxylic acids is 1. The number of ketones is 1. The van der Waals surface area contributed by atoms with Gasteiger partial charge in [-0.2, -0.15) is 0 Å². The van der Waals surface area contributed by atoms with E-state index in [-0.39, 0.29) is 12.2 Å². The first kappa shape index (κ1) is 15.0. The van der Waals surface area contributed by atoms with Gasteiger partial charge in [-0.3, -0.25) is 4.79 Å². The van der Waals surface area contributed by atoms with Gasteiger partial charge in [0.25, 0.3) is 0 Å². The SMILES string of the molecule is COc1ccc(C(=O)CC(O)/C=C/c2ccccc2)cc1. The van der Waals surface area contributed by atoms with E-state index in [1.165, 1.54) is 0 Å². The molecule has 0 aliphatic rings. The van der Waals surface area contributed by atoms with Crippen molar-refractivity contribution in [2.75, 3.05) is 7.11 Å². The molecule has 3 nitrogen and oxygen atoms in total. The Kier molecular flexibility index (Phi) is 5.29. The molecule has 0 fully saturated rings. The summed E-state index contributed by atoms with van der Waals surface area (Å²) < 4.78 is 5.05. The van der Waals surface area contributed by atoms with E-state index in [2.05, 4.69) is 0 Å². The zero-order chi connectivity index (χ0) is 15.1. The van der Waals surface area contributed by atoms with Crippen LogP contribution < -0.4 is 4.74 Å². The van der Waals surface area contributed by atoms with E-state index >= 15 is 0 Å². The van der Waals surface area contributed by atoms with Gasteiger partial charge in [-0.25, -0.2) is 0 Å². The van der Waals surface area contributed by atoms with Crippen molar-refractivity contribution in [3.63, 3.8) is 0 Å². The molecule has 0 radical (unpaired) electrons. The van der Waals surface area contributed by atoms with Crippen molar-refractivity contribution in [1.82, 2.24) is 0 Å². The molecule has 1 atom stereocenters. The standard InChI is InChI=1S/C18H18O3/c1-21-17-11-8-15(9-12-17)18(20)13-16(19)10-7-14-5-3-2-4-6-14/h2-12,16,19H,13H2,1H3/b10-7+. The van der Waals surface area contributed by atoms with E-state index in [9.17, 15) is 9.90 Å². The molecular formula is C18H18O3. The monoisotopic (exact) mass is 282 g/mol. The predicted octanol–water partition coefficient (Wildman–Crippen LogP) is 3.34. The Morgan fingerprint density at radius 1 is 1.14 bits per heavy atom. The van der Waals surface area contributed by atoms with Gasteiger partial charge in [0.1, 0.15) is 5.75 Å². The van der Waals surface area contributed by atoms with Crippen LogP contribution in [0.25, 0.3) is 6.08 Å². The third-order valence-corrected chi connectivity index (χ3v) is 3.12. The number of rotatable bonds is 6. The fourth-order valence-electron chi connectivity index (χ4n) is 1.94. The molecule has 0 aliphatic carbocycles. The molecule has 0 bridgehead atoms. The van der Waals surface area contributed by atoms with Crippen molar-refractivity contribution < 1.29 is 14.6 Å². The average molecular weight is 282 g/mol. The second-order valence-electron chi connectivity index (χ2n) is 4.69. The van der Waals surface area contributed by atoms with Crippen LogP contribution in [0.1, 0.15) is 22.3 Å². The smallest absolute Gasteiger partial charge is 0.165 e. The van der Waals surface area contributed by atoms with E-state index < -0.39 is 6.10 Å². The normalized spacial score (nSPS) is 12.3. The number of hydrogen-bond acceptors (Lipinski definition) is 3. The molecule has 1 N–H and O–H groups in total. The Morgan fingerprint density at radius 2 is 1.81 bits per heavy atom. The molecule has 2 aromatic carbocycles. The molecule has 2 rings (SSSR count). The van der Waals surface area contributed by atoms with Crippen LogP contribution in [0.15, 0.2) is 60.7 Å². The van der Waals surface area contributed by atoms with Gasteiger partial charge in [0.2, 0.25) is 0 Å². The number of carbonyl (C=O) groups is 1. The van der Waals surface area contributed by atoms with E-state index in [1.807, 2.05) is 36.4 Å². The Morgan fingerprint density at radius 3 is 2.43 bits per heavy atom. The Hall–Kier alpha value is -2.39. The molecule has 21 heavy (non-hydrogen) atoms. The summed E-state index contributed by atoms with van der Waals surface area (Å²) in [5, 5.41) is 9.91. The molecule has 0 aromatic heterocycles. The molecular weight excluding hydrogens is 264 g/mol. The van der Waals surface area contributed by atoms with Gasteiger partial charge in [-0.15, -0.1) is 0 Å². The highest BCUT2D eigenvalue weighted by molar-refractivity contribution is 5.96. The minimum atomic E-state index is -0.792. The number of benzene rings is 2. The number of Topliss-reactive ketones (excluding diaryl/α,β-unsaturated/α-hetero) is 1. The van der Waals surface area contributed by atoms with Crippen LogP contribution in [0.3, 0.4) is 0 Å². The number of aliphatic hydroxyl groups is 1. The number of aliphatic hydroxyl groups excluding tert-OH is 1. The molecule has 0 heterocycles. The zero-order valence-electron chi connectivity index (χ0n) is 11.9. The second-order valence-corrected chi connectivity index (χ2v) is 4.69. The lowest BCUT2D eigenvalue weighted by molar-refractivity contribution is 0.0923. The van der Waals surface area contributed by atoms with E-state index in [0.29, 0.717) is 11.3 Å². The van der Waals surface area contributed by atoms with E-state index in [0.717, 1.165) is 5.56 Å². The van der Waals surface area contributed by atoms with Crippen LogP contribution in [0.5, 0.6) is 5.75 Å². The first-order chi connectivity index (χ1) is 10.2. The fraction of sp³-hybridized carbons (Fsp3) is 0.167. The van der Waals surface area contributed by atoms with Gasteiger partial charge in [-0.1, -0.05) is 42.5 Å². The van der Waals surface area contributed by atoms with Gasteiger partial charge in [0.15, 0.2) is 5.78 Å². The van der Waals surface area contributed by atoms with Gasteiger partial charge < -0.3 is 9.84 Å². The van der Waals surface area contributed by atoms with Crippen molar-refractivity contribution in [2.45, 2.75) is 12.5 Å². The molecule has 0 spiro atoms. The van der Waals surface area contributed by atoms with Crippen molar-refractivity contribution >= 4 is 11.9 Å². The highest BCUT2D eigenvalue weighted by Crippen LogP contribution is 2.14. The van der Waals surface area contributed by atoms with Crippen LogP contribution in [0, 0.1) is 0 Å². The summed E-state index contributed by atoms with van der Waals surface area (Å²) >= 11 is 0. The molecule has 0 amide bonds. The molecule has 1 unspecified atom stereocenters. The van der Waals surface area contributed by atoms with E-state index in [1.54, 1.807) is 37.5 Å². The molecule has 108 valence electrons. The number of methoxy groups -OCH3 is 1. The lowest BCUT2D eigenvalue weighted by Crippen LogP contribution is -2.10. The summed E-state index contributed by atoms with van der Waals surface area (Å²) in [6.07, 6.45) is 2.72. The summed E-state index contributed by atoms with van der Waals surface area (Å²) in [7, 11) is 1.58. The molecule has 2 aromatic rings. The first-order valence-corrected chi connectivity index (χ1v) is 6.77.